The lowest BCUT2D eigenvalue weighted by atomic mass is 9.87. The first-order valence-electron chi connectivity index (χ1n) is 7.08. The monoisotopic (exact) mass is 287 g/mol. The van der Waals surface area contributed by atoms with Crippen LogP contribution >= 0.6 is 0 Å². The van der Waals surface area contributed by atoms with E-state index in [1.807, 2.05) is 0 Å². The summed E-state index contributed by atoms with van der Waals surface area (Å²) in [7, 11) is 0. The maximum absolute atomic E-state index is 12.7. The Morgan fingerprint density at radius 3 is 3.00 bits per heavy atom. The van der Waals surface area contributed by atoms with Crippen LogP contribution in [0.25, 0.3) is 0 Å². The third-order valence-corrected chi connectivity index (χ3v) is 3.74. The number of halogens is 1. The second kappa shape index (κ2) is 5.63. The van der Waals surface area contributed by atoms with Gasteiger partial charge in [0.2, 0.25) is 11.9 Å². The second-order valence-electron chi connectivity index (χ2n) is 5.36. The van der Waals surface area contributed by atoms with E-state index in [1.54, 1.807) is 0 Å². The normalized spacial score (nSPS) is 17.3. The predicted molar refractivity (Wildman–Crippen MR) is 79.5 cm³/mol. The Morgan fingerprint density at radius 1 is 1.33 bits per heavy atom. The van der Waals surface area contributed by atoms with Crippen molar-refractivity contribution in [2.45, 2.75) is 38.9 Å². The molecule has 1 heterocycles. The fraction of sp³-hybridized carbons (Fsp3) is 0.400. The Labute approximate surface area is 122 Å². The number of aromatic nitrogens is 3. The largest absolute Gasteiger partial charge is 0.368 e. The van der Waals surface area contributed by atoms with E-state index in [-0.39, 0.29) is 17.8 Å². The average molecular weight is 287 g/mol. The molecule has 3 N–H and O–H groups in total. The highest BCUT2D eigenvalue weighted by Crippen LogP contribution is 2.32. The van der Waals surface area contributed by atoms with Crippen molar-refractivity contribution >= 4 is 11.9 Å². The van der Waals surface area contributed by atoms with Crippen LogP contribution in [0.3, 0.4) is 0 Å². The van der Waals surface area contributed by atoms with Gasteiger partial charge in [-0.3, -0.25) is 0 Å². The number of nitrogen functional groups attached to an aromatic ring is 1. The summed E-state index contributed by atoms with van der Waals surface area (Å²) in [5.41, 5.74) is 9.42. The Balaban J connectivity index is 1.90. The minimum Gasteiger partial charge on any atom is -0.368 e. The third-order valence-electron chi connectivity index (χ3n) is 3.74. The predicted octanol–water partition coefficient (Wildman–Crippen LogP) is 2.72. The van der Waals surface area contributed by atoms with E-state index >= 15 is 0 Å². The van der Waals surface area contributed by atoms with Gasteiger partial charge in [0.1, 0.15) is 6.67 Å². The molecule has 1 aliphatic rings. The number of nitrogens with two attached hydrogens (primary N) is 1. The number of rotatable bonds is 3. The third kappa shape index (κ3) is 2.94. The Hall–Kier alpha value is -2.24. The van der Waals surface area contributed by atoms with E-state index in [9.17, 15) is 4.39 Å². The zero-order valence-electron chi connectivity index (χ0n) is 11.9. The van der Waals surface area contributed by atoms with Crippen molar-refractivity contribution in [1.82, 2.24) is 15.0 Å². The molecular formula is C15H18FN5. The van der Waals surface area contributed by atoms with Crippen molar-refractivity contribution in [3.05, 3.63) is 40.7 Å². The van der Waals surface area contributed by atoms with Gasteiger partial charge in [0.25, 0.3) is 0 Å². The smallest absolute Gasteiger partial charge is 0.228 e. The molecule has 1 aromatic carbocycles. The molecule has 0 saturated heterocycles. The van der Waals surface area contributed by atoms with Crippen molar-refractivity contribution in [2.24, 2.45) is 0 Å². The molecule has 0 saturated carbocycles. The molecule has 0 amide bonds. The first-order chi connectivity index (χ1) is 10.2. The lowest BCUT2D eigenvalue weighted by Crippen LogP contribution is -2.19. The average Bonchev–Trinajstić information content (AvgIpc) is 2.47. The molecular weight excluding hydrogens is 269 g/mol. The Kier molecular flexibility index (Phi) is 3.68. The van der Waals surface area contributed by atoms with Crippen LogP contribution in [0.5, 0.6) is 0 Å². The number of nitrogens with zero attached hydrogens (tertiary/aromatic N) is 3. The Morgan fingerprint density at radius 2 is 2.19 bits per heavy atom. The van der Waals surface area contributed by atoms with Crippen molar-refractivity contribution in [1.29, 1.82) is 0 Å². The molecule has 1 aromatic heterocycles. The fourth-order valence-electron chi connectivity index (χ4n) is 2.79. The van der Waals surface area contributed by atoms with E-state index in [0.29, 0.717) is 5.95 Å². The van der Waals surface area contributed by atoms with Gasteiger partial charge in [0, 0.05) is 0 Å². The summed E-state index contributed by atoms with van der Waals surface area (Å²) in [5.74, 6) is 0.445. The molecule has 3 rings (SSSR count). The van der Waals surface area contributed by atoms with E-state index < -0.39 is 6.67 Å². The molecule has 6 heteroatoms. The van der Waals surface area contributed by atoms with E-state index in [2.05, 4.69) is 45.4 Å². The quantitative estimate of drug-likeness (QED) is 0.907. The van der Waals surface area contributed by atoms with Crippen molar-refractivity contribution in [3.8, 4) is 0 Å². The number of fused-ring (bicyclic) bond motifs is 1. The zero-order valence-corrected chi connectivity index (χ0v) is 11.9. The van der Waals surface area contributed by atoms with Gasteiger partial charge in [0.15, 0.2) is 5.82 Å². The highest BCUT2D eigenvalue weighted by atomic mass is 19.1. The summed E-state index contributed by atoms with van der Waals surface area (Å²) < 4.78 is 12.7. The van der Waals surface area contributed by atoms with Crippen LogP contribution in [0, 0.1) is 6.92 Å². The molecule has 110 valence electrons. The zero-order chi connectivity index (χ0) is 14.8. The number of anilines is 2. The first-order valence-corrected chi connectivity index (χ1v) is 7.08. The van der Waals surface area contributed by atoms with Gasteiger partial charge in [-0.15, -0.1) is 0 Å². The number of hydrogen-bond donors (Lipinski definition) is 2. The van der Waals surface area contributed by atoms with Gasteiger partial charge < -0.3 is 11.1 Å². The van der Waals surface area contributed by atoms with Crippen LogP contribution in [-0.2, 0) is 13.1 Å². The Bertz CT molecular complexity index is 659. The maximum Gasteiger partial charge on any atom is 0.228 e. The van der Waals surface area contributed by atoms with Gasteiger partial charge in [0.05, 0.1) is 6.04 Å². The van der Waals surface area contributed by atoms with Crippen molar-refractivity contribution in [3.63, 3.8) is 0 Å². The first kappa shape index (κ1) is 13.7. The minimum absolute atomic E-state index is 0.0421. The number of benzene rings is 1. The highest BCUT2D eigenvalue weighted by molar-refractivity contribution is 5.41. The van der Waals surface area contributed by atoms with E-state index in [0.717, 1.165) is 19.3 Å². The highest BCUT2D eigenvalue weighted by Gasteiger charge is 2.21. The summed E-state index contributed by atoms with van der Waals surface area (Å²) in [5, 5.41) is 3.27. The summed E-state index contributed by atoms with van der Waals surface area (Å²) in [6.07, 6.45) is 3.18. The molecule has 0 spiro atoms. The number of hydrogen-bond acceptors (Lipinski definition) is 5. The molecule has 1 aliphatic carbocycles. The molecule has 0 bridgehead atoms. The van der Waals surface area contributed by atoms with Crippen LogP contribution in [0.1, 0.15) is 41.4 Å². The molecule has 1 atom stereocenters. The lowest BCUT2D eigenvalue weighted by Gasteiger charge is -2.27. The van der Waals surface area contributed by atoms with Gasteiger partial charge in [-0.2, -0.15) is 15.0 Å². The van der Waals surface area contributed by atoms with Crippen LogP contribution in [0.15, 0.2) is 18.2 Å². The molecule has 5 nitrogen and oxygen atoms in total. The number of alkyl halides is 1. The molecule has 21 heavy (non-hydrogen) atoms. The van der Waals surface area contributed by atoms with Crippen molar-refractivity contribution < 1.29 is 4.39 Å². The lowest BCUT2D eigenvalue weighted by molar-refractivity contribution is 0.464. The summed E-state index contributed by atoms with van der Waals surface area (Å²) >= 11 is 0. The molecule has 0 radical (unpaired) electrons. The number of nitrogens with one attached hydrogen (secondary N) is 1. The van der Waals surface area contributed by atoms with E-state index in [4.69, 9.17) is 5.73 Å². The van der Waals surface area contributed by atoms with E-state index in [1.165, 1.54) is 16.7 Å². The van der Waals surface area contributed by atoms with Gasteiger partial charge >= 0.3 is 0 Å². The number of aryl methyl sites for hydroxylation is 2. The topological polar surface area (TPSA) is 76.7 Å². The molecule has 1 unspecified atom stereocenters. The summed E-state index contributed by atoms with van der Waals surface area (Å²) in [6.45, 7) is 1.33. The standard InChI is InChI=1S/C15H18FN5/c1-9-5-6-10-3-2-4-12(11(10)7-9)18-15-20-13(8-16)19-14(17)21-15/h5-7,12H,2-4,8H2,1H3,(H3,17,18,19,20,21). The van der Waals surface area contributed by atoms with Crippen molar-refractivity contribution in [2.75, 3.05) is 11.1 Å². The summed E-state index contributed by atoms with van der Waals surface area (Å²) in [6, 6.07) is 6.62. The van der Waals surface area contributed by atoms with Crippen LogP contribution < -0.4 is 11.1 Å². The molecule has 0 fully saturated rings. The fourth-order valence-corrected chi connectivity index (χ4v) is 2.79. The molecule has 2 aromatic rings. The van der Waals surface area contributed by atoms with Crippen LogP contribution in [-0.4, -0.2) is 15.0 Å². The van der Waals surface area contributed by atoms with Crippen LogP contribution in [0.2, 0.25) is 0 Å². The van der Waals surface area contributed by atoms with Gasteiger partial charge in [-0.05, 0) is 37.3 Å². The summed E-state index contributed by atoms with van der Waals surface area (Å²) in [4.78, 5) is 11.8. The van der Waals surface area contributed by atoms with Gasteiger partial charge in [-0.25, -0.2) is 4.39 Å². The SMILES string of the molecule is Cc1ccc2c(c1)C(Nc1nc(N)nc(CF)n1)CCC2. The van der Waals surface area contributed by atoms with Gasteiger partial charge in [-0.1, -0.05) is 23.8 Å². The maximum atomic E-state index is 12.7. The second-order valence-corrected chi connectivity index (χ2v) is 5.36. The van der Waals surface area contributed by atoms with Crippen LogP contribution in [0.4, 0.5) is 16.3 Å². The molecule has 0 aliphatic heterocycles. The minimum atomic E-state index is -0.748.